The number of alkyl halides is 3. The van der Waals surface area contributed by atoms with Gasteiger partial charge in [-0.15, -0.1) is 12.4 Å². The maximum atomic E-state index is 13.4. The second-order valence-corrected chi connectivity index (χ2v) is 10.4. The Morgan fingerprint density at radius 3 is 2.78 bits per heavy atom. The topological polar surface area (TPSA) is 86.4 Å². The third-order valence-corrected chi connectivity index (χ3v) is 8.73. The molecule has 2 aliphatic carbocycles. The summed E-state index contributed by atoms with van der Waals surface area (Å²) in [4.78, 5) is 16.0. The van der Waals surface area contributed by atoms with E-state index in [1.165, 1.54) is 29.6 Å². The molecule has 3 heterocycles. The number of piperidine rings is 1. The monoisotopic (exact) mass is 540 g/mol. The van der Waals surface area contributed by atoms with E-state index < -0.39 is 41.9 Å². The molecule has 1 saturated carbocycles. The number of nitrogens with zero attached hydrogens (tertiary/aromatic N) is 2. The molecular weight excluding hydrogens is 513 g/mol. The highest BCUT2D eigenvalue weighted by molar-refractivity contribution is 5.92. The van der Waals surface area contributed by atoms with Gasteiger partial charge in [0.1, 0.15) is 6.10 Å². The van der Waals surface area contributed by atoms with Gasteiger partial charge >= 0.3 is 6.18 Å². The van der Waals surface area contributed by atoms with E-state index in [2.05, 4.69) is 0 Å². The van der Waals surface area contributed by atoms with Crippen molar-refractivity contribution in [2.45, 2.75) is 61.1 Å². The van der Waals surface area contributed by atoms with Gasteiger partial charge in [0.15, 0.2) is 11.5 Å². The Balaban J connectivity index is 0.00000280. The van der Waals surface area contributed by atoms with Crippen LogP contribution in [0.15, 0.2) is 41.2 Å². The number of rotatable bonds is 4. The Morgan fingerprint density at radius 1 is 1.30 bits per heavy atom. The zero-order valence-corrected chi connectivity index (χ0v) is 20.9. The summed E-state index contributed by atoms with van der Waals surface area (Å²) in [6.45, 7) is -0.964. The quantitative estimate of drug-likeness (QED) is 0.576. The predicted octanol–water partition coefficient (Wildman–Crippen LogP) is 3.66. The predicted molar refractivity (Wildman–Crippen MR) is 130 cm³/mol. The lowest BCUT2D eigenvalue weighted by molar-refractivity contribution is -0.221. The third-order valence-electron chi connectivity index (χ3n) is 8.73. The van der Waals surface area contributed by atoms with Crippen molar-refractivity contribution >= 4 is 24.4 Å². The summed E-state index contributed by atoms with van der Waals surface area (Å²) in [7, 11) is 1.67. The fraction of sp³-hybridized carbons (Fsp3) is 0.500. The van der Waals surface area contributed by atoms with Crippen LogP contribution in [0, 0.1) is 0 Å². The number of likely N-dealkylation sites (N-methyl/N-ethyl adjacent to an activating group) is 1. The Kier molecular flexibility index (Phi) is 6.08. The number of likely N-dealkylation sites (tertiary alicyclic amines) is 1. The van der Waals surface area contributed by atoms with Crippen LogP contribution in [-0.2, 0) is 16.6 Å². The molecule has 0 radical (unpaired) electrons. The second kappa shape index (κ2) is 8.68. The van der Waals surface area contributed by atoms with Crippen LogP contribution < -0.4 is 4.74 Å². The van der Waals surface area contributed by atoms with Crippen molar-refractivity contribution in [1.29, 1.82) is 0 Å². The number of ether oxygens (including phenoxy) is 1. The van der Waals surface area contributed by atoms with Crippen molar-refractivity contribution in [3.63, 3.8) is 0 Å². The van der Waals surface area contributed by atoms with Crippen LogP contribution in [0.4, 0.5) is 13.2 Å². The van der Waals surface area contributed by atoms with Crippen molar-refractivity contribution in [1.82, 2.24) is 9.80 Å². The van der Waals surface area contributed by atoms with E-state index in [1.807, 2.05) is 0 Å². The van der Waals surface area contributed by atoms with Crippen molar-refractivity contribution in [3.05, 3.63) is 53.5 Å². The molecule has 2 N–H and O–H groups in total. The first-order valence-corrected chi connectivity index (χ1v) is 12.1. The van der Waals surface area contributed by atoms with Gasteiger partial charge in [0, 0.05) is 36.8 Å². The van der Waals surface area contributed by atoms with Crippen LogP contribution in [0.25, 0.3) is 6.08 Å². The summed E-state index contributed by atoms with van der Waals surface area (Å²) in [6, 6.07) is 3.75. The first-order valence-electron chi connectivity index (χ1n) is 12.1. The summed E-state index contributed by atoms with van der Waals surface area (Å²) >= 11 is 0. The van der Waals surface area contributed by atoms with E-state index in [0.717, 1.165) is 11.1 Å². The number of aliphatic hydroxyl groups is 1. The molecule has 1 amide bonds. The molecule has 4 aliphatic rings. The molecular formula is C26H28ClF3N2O5. The van der Waals surface area contributed by atoms with Gasteiger partial charge in [0.2, 0.25) is 5.91 Å². The van der Waals surface area contributed by atoms with Gasteiger partial charge in [-0.3, -0.25) is 9.69 Å². The SMILES string of the molecule is CN(C(=O)/C=C/c1ccoc1)[C@@H]1CC[C@@]2(O)[C@H]3Cc4ccc(O)c5c4[C@@]2(CCN3CC(F)(F)F)[C@H]1O5.Cl. The molecule has 2 fully saturated rings. The minimum Gasteiger partial charge on any atom is -0.504 e. The number of halogens is 4. The number of phenols is 1. The van der Waals surface area contributed by atoms with E-state index in [4.69, 9.17) is 9.15 Å². The zero-order valence-electron chi connectivity index (χ0n) is 20.1. The van der Waals surface area contributed by atoms with Gasteiger partial charge in [-0.1, -0.05) is 6.07 Å². The van der Waals surface area contributed by atoms with Crippen LogP contribution in [-0.4, -0.2) is 76.0 Å². The van der Waals surface area contributed by atoms with Crippen LogP contribution in [0.5, 0.6) is 11.5 Å². The number of amides is 1. The van der Waals surface area contributed by atoms with Crippen molar-refractivity contribution in [2.75, 3.05) is 20.1 Å². The Hall–Kier alpha value is -2.69. The first kappa shape index (κ1) is 25.9. The molecule has 1 aromatic heterocycles. The van der Waals surface area contributed by atoms with E-state index in [0.29, 0.717) is 12.0 Å². The highest BCUT2D eigenvalue weighted by Crippen LogP contribution is 2.65. The van der Waals surface area contributed by atoms with Crippen LogP contribution in [0.1, 0.15) is 36.0 Å². The highest BCUT2D eigenvalue weighted by Gasteiger charge is 2.73. The molecule has 1 aromatic carbocycles. The number of hydrogen-bond acceptors (Lipinski definition) is 6. The van der Waals surface area contributed by atoms with Crippen molar-refractivity contribution < 1.29 is 37.3 Å². The maximum absolute atomic E-state index is 13.4. The first-order chi connectivity index (χ1) is 17.0. The number of phenolic OH excluding ortho intramolecular Hbond substituents is 1. The smallest absolute Gasteiger partial charge is 0.401 e. The fourth-order valence-corrected chi connectivity index (χ4v) is 7.24. The molecule has 1 spiro atoms. The summed E-state index contributed by atoms with van der Waals surface area (Å²) in [6.07, 6.45) is 2.04. The van der Waals surface area contributed by atoms with Gasteiger partial charge in [0.05, 0.1) is 36.1 Å². The van der Waals surface area contributed by atoms with Crippen LogP contribution in [0.2, 0.25) is 0 Å². The van der Waals surface area contributed by atoms with E-state index in [1.54, 1.807) is 30.2 Å². The molecule has 37 heavy (non-hydrogen) atoms. The molecule has 2 aromatic rings. The minimum atomic E-state index is -4.39. The van der Waals surface area contributed by atoms with E-state index >= 15 is 0 Å². The zero-order chi connectivity index (χ0) is 25.5. The van der Waals surface area contributed by atoms with Crippen molar-refractivity contribution in [2.24, 2.45) is 0 Å². The molecule has 6 rings (SSSR count). The number of furan rings is 1. The average Bonchev–Trinajstić information content (AvgIpc) is 3.45. The van der Waals surface area contributed by atoms with Crippen molar-refractivity contribution in [3.8, 4) is 11.5 Å². The molecule has 0 unspecified atom stereocenters. The number of carbonyl (C=O) groups is 1. The van der Waals surface area contributed by atoms with Gasteiger partial charge < -0.3 is 24.3 Å². The number of carbonyl (C=O) groups excluding carboxylic acids is 1. The molecule has 2 aliphatic heterocycles. The largest absolute Gasteiger partial charge is 0.504 e. The number of benzene rings is 1. The van der Waals surface area contributed by atoms with Gasteiger partial charge in [0.25, 0.3) is 0 Å². The maximum Gasteiger partial charge on any atom is 0.401 e. The van der Waals surface area contributed by atoms with Crippen LogP contribution >= 0.6 is 12.4 Å². The third kappa shape index (κ3) is 3.67. The lowest BCUT2D eigenvalue weighted by Crippen LogP contribution is -2.78. The Labute approximate surface area is 217 Å². The average molecular weight is 541 g/mol. The van der Waals surface area contributed by atoms with E-state index in [-0.39, 0.29) is 55.6 Å². The Morgan fingerprint density at radius 2 is 2.08 bits per heavy atom. The number of hydrogen-bond donors (Lipinski definition) is 2. The van der Waals surface area contributed by atoms with E-state index in [9.17, 15) is 28.2 Å². The molecule has 11 heteroatoms. The highest BCUT2D eigenvalue weighted by atomic mass is 35.5. The molecule has 5 atom stereocenters. The van der Waals surface area contributed by atoms with Crippen LogP contribution in [0.3, 0.4) is 0 Å². The summed E-state index contributed by atoms with van der Waals surface area (Å²) in [5, 5.41) is 22.9. The summed E-state index contributed by atoms with van der Waals surface area (Å²) in [5.74, 6) is -0.0575. The second-order valence-electron chi connectivity index (χ2n) is 10.4. The lowest BCUT2D eigenvalue weighted by atomic mass is 9.48. The van der Waals surface area contributed by atoms with Gasteiger partial charge in [-0.05, 0) is 49.5 Å². The standard InChI is InChI=1S/C26H27F3N2O5.ClH/c1-30(20(33)5-2-15-7-11-35-13-15)17-6-8-25(34)19-12-16-3-4-18(32)22-21(16)24(25,23(17)36-22)9-10-31(19)14-26(27,28)29;/h2-5,7,11,13,17,19,23,32,34H,6,8-10,12,14H2,1H3;1H/b5-2+;/t17-,19-,23+,24+,25-;/m1./s1. The number of aromatic hydroxyl groups is 1. The lowest BCUT2D eigenvalue weighted by Gasteiger charge is -2.64. The molecule has 1 saturated heterocycles. The Bertz CT molecular complexity index is 1240. The molecule has 7 nitrogen and oxygen atoms in total. The normalized spacial score (nSPS) is 32.0. The minimum absolute atomic E-state index is 0. The molecule has 2 bridgehead atoms. The van der Waals surface area contributed by atoms with Gasteiger partial charge in [-0.25, -0.2) is 0 Å². The summed E-state index contributed by atoms with van der Waals surface area (Å²) in [5.41, 5.74) is -0.300. The fourth-order valence-electron chi connectivity index (χ4n) is 7.24. The summed E-state index contributed by atoms with van der Waals surface area (Å²) < 4.78 is 51.7. The molecule has 200 valence electrons. The van der Waals surface area contributed by atoms with Gasteiger partial charge in [-0.2, -0.15) is 13.2 Å².